The van der Waals surface area contributed by atoms with Crippen LogP contribution in [-0.2, 0) is 9.59 Å². The fourth-order valence-corrected chi connectivity index (χ4v) is 1.85. The van der Waals surface area contributed by atoms with Crippen LogP contribution in [0.4, 0.5) is 0 Å². The molecule has 19 heavy (non-hydrogen) atoms. The van der Waals surface area contributed by atoms with Gasteiger partial charge in [0, 0.05) is 19.1 Å². The number of ketones is 1. The number of benzene rings is 1. The standard InChI is InChI=1S/C13H15Cl2NO3/c1-8(13(18)16(2)3)11(17)7-19-12-5-4-9(14)6-10(12)15/h4-6,8H,7H2,1-3H3/t8-/m0/s1. The van der Waals surface area contributed by atoms with Crippen molar-refractivity contribution in [3.05, 3.63) is 28.2 Å². The van der Waals surface area contributed by atoms with Crippen LogP contribution in [0.2, 0.25) is 10.0 Å². The zero-order chi connectivity index (χ0) is 14.6. The molecule has 0 saturated carbocycles. The van der Waals surface area contributed by atoms with E-state index >= 15 is 0 Å². The summed E-state index contributed by atoms with van der Waals surface area (Å²) in [7, 11) is 3.20. The molecule has 1 aromatic carbocycles. The van der Waals surface area contributed by atoms with Gasteiger partial charge >= 0.3 is 0 Å². The van der Waals surface area contributed by atoms with Crippen LogP contribution in [0.5, 0.6) is 5.75 Å². The van der Waals surface area contributed by atoms with E-state index in [-0.39, 0.29) is 18.3 Å². The quantitative estimate of drug-likeness (QED) is 0.786. The third-order valence-corrected chi connectivity index (χ3v) is 3.09. The molecule has 0 aromatic heterocycles. The SMILES string of the molecule is C[C@@H](C(=O)COc1ccc(Cl)cc1Cl)C(=O)N(C)C. The van der Waals surface area contributed by atoms with Crippen molar-refractivity contribution in [2.45, 2.75) is 6.92 Å². The van der Waals surface area contributed by atoms with E-state index in [0.717, 1.165) is 0 Å². The van der Waals surface area contributed by atoms with Crippen LogP contribution < -0.4 is 4.74 Å². The van der Waals surface area contributed by atoms with Gasteiger partial charge in [0.2, 0.25) is 5.91 Å². The van der Waals surface area contributed by atoms with Crippen molar-refractivity contribution in [2.24, 2.45) is 5.92 Å². The number of nitrogens with zero attached hydrogens (tertiary/aromatic N) is 1. The first kappa shape index (κ1) is 15.8. The van der Waals surface area contributed by atoms with Gasteiger partial charge in [0.15, 0.2) is 5.78 Å². The van der Waals surface area contributed by atoms with Crippen molar-refractivity contribution < 1.29 is 14.3 Å². The minimum atomic E-state index is -0.735. The van der Waals surface area contributed by atoms with Gasteiger partial charge in [-0.2, -0.15) is 0 Å². The maximum atomic E-state index is 11.8. The fraction of sp³-hybridized carbons (Fsp3) is 0.385. The van der Waals surface area contributed by atoms with E-state index in [0.29, 0.717) is 15.8 Å². The predicted molar refractivity (Wildman–Crippen MR) is 74.8 cm³/mol. The Labute approximate surface area is 122 Å². The summed E-state index contributed by atoms with van der Waals surface area (Å²) in [5.74, 6) is -0.925. The van der Waals surface area contributed by atoms with Crippen molar-refractivity contribution in [3.8, 4) is 5.75 Å². The monoisotopic (exact) mass is 303 g/mol. The number of hydrogen-bond donors (Lipinski definition) is 0. The van der Waals surface area contributed by atoms with Crippen molar-refractivity contribution in [1.82, 2.24) is 4.90 Å². The summed E-state index contributed by atoms with van der Waals surface area (Å²) < 4.78 is 5.29. The largest absolute Gasteiger partial charge is 0.484 e. The summed E-state index contributed by atoms with van der Waals surface area (Å²) in [4.78, 5) is 24.8. The lowest BCUT2D eigenvalue weighted by Gasteiger charge is -2.16. The summed E-state index contributed by atoms with van der Waals surface area (Å²) in [6.07, 6.45) is 0. The van der Waals surface area contributed by atoms with Crippen molar-refractivity contribution in [2.75, 3.05) is 20.7 Å². The lowest BCUT2D eigenvalue weighted by molar-refractivity contribution is -0.139. The zero-order valence-corrected chi connectivity index (χ0v) is 12.5. The van der Waals surface area contributed by atoms with Gasteiger partial charge in [-0.05, 0) is 25.1 Å². The minimum absolute atomic E-state index is 0.206. The third-order valence-electron chi connectivity index (χ3n) is 2.56. The lowest BCUT2D eigenvalue weighted by Crippen LogP contribution is -2.34. The molecule has 0 unspecified atom stereocenters. The van der Waals surface area contributed by atoms with Gasteiger partial charge in [-0.25, -0.2) is 0 Å². The summed E-state index contributed by atoms with van der Waals surface area (Å²) >= 11 is 11.7. The van der Waals surface area contributed by atoms with Crippen LogP contribution >= 0.6 is 23.2 Å². The smallest absolute Gasteiger partial charge is 0.232 e. The van der Waals surface area contributed by atoms with Crippen LogP contribution in [-0.4, -0.2) is 37.3 Å². The average Bonchev–Trinajstić information content (AvgIpc) is 2.35. The molecule has 0 N–H and O–H groups in total. The maximum Gasteiger partial charge on any atom is 0.232 e. The molecule has 1 aromatic rings. The maximum absolute atomic E-state index is 11.8. The average molecular weight is 304 g/mol. The number of carbonyl (C=O) groups is 2. The fourth-order valence-electron chi connectivity index (χ4n) is 1.39. The molecule has 0 bridgehead atoms. The molecule has 0 aliphatic heterocycles. The van der Waals surface area contributed by atoms with Crippen LogP contribution in [0.25, 0.3) is 0 Å². The number of rotatable bonds is 5. The summed E-state index contributed by atoms with van der Waals surface area (Å²) in [5.41, 5.74) is 0. The summed E-state index contributed by atoms with van der Waals surface area (Å²) in [6.45, 7) is 1.35. The Morgan fingerprint density at radius 3 is 2.47 bits per heavy atom. The topological polar surface area (TPSA) is 46.6 Å². The summed E-state index contributed by atoms with van der Waals surface area (Å²) in [6, 6.07) is 4.72. The molecule has 104 valence electrons. The molecule has 1 atom stereocenters. The number of hydrogen-bond acceptors (Lipinski definition) is 3. The Hall–Kier alpha value is -1.26. The normalized spacial score (nSPS) is 11.8. The molecule has 4 nitrogen and oxygen atoms in total. The highest BCUT2D eigenvalue weighted by Gasteiger charge is 2.23. The van der Waals surface area contributed by atoms with E-state index < -0.39 is 5.92 Å². The van der Waals surface area contributed by atoms with E-state index in [1.54, 1.807) is 33.2 Å². The van der Waals surface area contributed by atoms with E-state index in [2.05, 4.69) is 0 Å². The molecular formula is C13H15Cl2NO3. The molecule has 6 heteroatoms. The molecule has 0 aliphatic carbocycles. The third kappa shape index (κ3) is 4.40. The van der Waals surface area contributed by atoms with Crippen molar-refractivity contribution >= 4 is 34.9 Å². The van der Waals surface area contributed by atoms with Gasteiger partial charge in [-0.15, -0.1) is 0 Å². The Balaban J connectivity index is 2.61. The second-order valence-electron chi connectivity index (χ2n) is 4.28. The molecular weight excluding hydrogens is 289 g/mol. The Kier molecular flexibility index (Phi) is 5.63. The van der Waals surface area contributed by atoms with Crippen molar-refractivity contribution in [1.29, 1.82) is 0 Å². The number of Topliss-reactive ketones (excluding diaryl/α,β-unsaturated/α-hetero) is 1. The Morgan fingerprint density at radius 1 is 1.32 bits per heavy atom. The Bertz CT molecular complexity index is 489. The molecule has 0 radical (unpaired) electrons. The minimum Gasteiger partial charge on any atom is -0.484 e. The molecule has 1 amide bonds. The molecule has 1 rings (SSSR count). The summed E-state index contributed by atoms with van der Waals surface area (Å²) in [5, 5.41) is 0.812. The van der Waals surface area contributed by atoms with Gasteiger partial charge in [-0.3, -0.25) is 9.59 Å². The van der Waals surface area contributed by atoms with Crippen molar-refractivity contribution in [3.63, 3.8) is 0 Å². The van der Waals surface area contributed by atoms with E-state index in [4.69, 9.17) is 27.9 Å². The van der Waals surface area contributed by atoms with Crippen LogP contribution in [0.1, 0.15) is 6.92 Å². The van der Waals surface area contributed by atoms with E-state index in [1.807, 2.05) is 0 Å². The van der Waals surface area contributed by atoms with Crippen LogP contribution in [0.15, 0.2) is 18.2 Å². The first-order valence-electron chi connectivity index (χ1n) is 5.64. The van der Waals surface area contributed by atoms with Crippen LogP contribution in [0, 0.1) is 5.92 Å². The lowest BCUT2D eigenvalue weighted by atomic mass is 10.1. The Morgan fingerprint density at radius 2 is 1.95 bits per heavy atom. The van der Waals surface area contributed by atoms with Gasteiger partial charge in [0.05, 0.1) is 10.9 Å². The van der Waals surface area contributed by atoms with E-state index in [9.17, 15) is 9.59 Å². The molecule has 0 fully saturated rings. The number of ether oxygens (including phenoxy) is 1. The number of halogens is 2. The highest BCUT2D eigenvalue weighted by molar-refractivity contribution is 6.35. The highest BCUT2D eigenvalue weighted by atomic mass is 35.5. The molecule has 0 aliphatic rings. The second kappa shape index (κ2) is 6.78. The number of amides is 1. The van der Waals surface area contributed by atoms with Gasteiger partial charge in [0.25, 0.3) is 0 Å². The first-order valence-corrected chi connectivity index (χ1v) is 6.40. The van der Waals surface area contributed by atoms with E-state index in [1.165, 1.54) is 11.0 Å². The molecule has 0 saturated heterocycles. The number of carbonyl (C=O) groups excluding carboxylic acids is 2. The molecule has 0 heterocycles. The van der Waals surface area contributed by atoms with Gasteiger partial charge < -0.3 is 9.64 Å². The predicted octanol–water partition coefficient (Wildman–Crippen LogP) is 2.67. The molecule has 0 spiro atoms. The van der Waals surface area contributed by atoms with Gasteiger partial charge in [-0.1, -0.05) is 23.2 Å². The highest BCUT2D eigenvalue weighted by Crippen LogP contribution is 2.27. The zero-order valence-electron chi connectivity index (χ0n) is 10.9. The second-order valence-corrected chi connectivity index (χ2v) is 5.13. The van der Waals surface area contributed by atoms with Gasteiger partial charge in [0.1, 0.15) is 12.4 Å². The van der Waals surface area contributed by atoms with Crippen LogP contribution in [0.3, 0.4) is 0 Å². The first-order chi connectivity index (χ1) is 8.82.